The van der Waals surface area contributed by atoms with E-state index in [0.29, 0.717) is 12.8 Å². The molecule has 0 unspecified atom stereocenters. The molecule has 0 heterocycles. The van der Waals surface area contributed by atoms with Crippen molar-refractivity contribution in [3.8, 4) is 0 Å². The first kappa shape index (κ1) is 19.3. The fourth-order valence-corrected chi connectivity index (χ4v) is 2.02. The van der Waals surface area contributed by atoms with Crippen molar-refractivity contribution in [1.82, 2.24) is 0 Å². The molecule has 0 saturated carbocycles. The van der Waals surface area contributed by atoms with Crippen molar-refractivity contribution in [3.05, 3.63) is 0 Å². The Bertz CT molecular complexity index is 327. The van der Waals surface area contributed by atoms with Gasteiger partial charge in [0.25, 0.3) is 0 Å². The molecule has 0 aromatic rings. The molecule has 6 nitrogen and oxygen atoms in total. The zero-order valence-corrected chi connectivity index (χ0v) is 12.3. The van der Waals surface area contributed by atoms with Gasteiger partial charge in [0.05, 0.1) is 0 Å². The second kappa shape index (κ2) is 12.1. The van der Waals surface area contributed by atoms with E-state index in [9.17, 15) is 19.2 Å². The maximum absolute atomic E-state index is 10.8. The Balaban J connectivity index is 3.23. The van der Waals surface area contributed by atoms with Gasteiger partial charge in [0, 0.05) is 12.8 Å². The van der Waals surface area contributed by atoms with E-state index in [0.717, 1.165) is 44.9 Å². The fraction of sp³-hybridized carbons (Fsp3) is 0.733. The summed E-state index contributed by atoms with van der Waals surface area (Å²) in [6.07, 6.45) is 8.38. The van der Waals surface area contributed by atoms with Gasteiger partial charge in [-0.25, -0.2) is 9.59 Å². The second-order valence-electron chi connectivity index (χ2n) is 5.14. The van der Waals surface area contributed by atoms with Gasteiger partial charge in [-0.05, 0) is 12.8 Å². The van der Waals surface area contributed by atoms with Crippen LogP contribution < -0.4 is 0 Å². The first-order chi connectivity index (χ1) is 9.95. The summed E-state index contributed by atoms with van der Waals surface area (Å²) in [5.74, 6) is -4.13. The number of carbonyl (C=O) groups excluding carboxylic acids is 2. The Morgan fingerprint density at radius 2 is 0.714 bits per heavy atom. The molecule has 0 amide bonds. The average Bonchev–Trinajstić information content (AvgIpc) is 2.43. The van der Waals surface area contributed by atoms with Crippen molar-refractivity contribution < 1.29 is 29.4 Å². The number of aliphatic carboxylic acids is 2. The molecule has 0 aromatic carbocycles. The summed E-state index contributed by atoms with van der Waals surface area (Å²) in [6, 6.07) is 0. The van der Waals surface area contributed by atoms with Gasteiger partial charge < -0.3 is 10.2 Å². The lowest BCUT2D eigenvalue weighted by Gasteiger charge is -2.01. The number of rotatable bonds is 14. The van der Waals surface area contributed by atoms with Crippen molar-refractivity contribution >= 4 is 23.5 Å². The van der Waals surface area contributed by atoms with Crippen LogP contribution in [0.5, 0.6) is 0 Å². The molecule has 0 saturated heterocycles. The molecule has 0 aliphatic carbocycles. The summed E-state index contributed by atoms with van der Waals surface area (Å²) >= 11 is 0. The number of Topliss-reactive ketones (excluding diaryl/α,β-unsaturated/α-hetero) is 2. The molecule has 0 aromatic heterocycles. The molecular weight excluding hydrogens is 276 g/mol. The van der Waals surface area contributed by atoms with Crippen molar-refractivity contribution in [2.75, 3.05) is 0 Å². The van der Waals surface area contributed by atoms with Crippen LogP contribution in [0.4, 0.5) is 0 Å². The minimum absolute atomic E-state index is 0.118. The van der Waals surface area contributed by atoms with E-state index in [4.69, 9.17) is 10.2 Å². The minimum atomic E-state index is -1.35. The first-order valence-corrected chi connectivity index (χ1v) is 7.47. The number of carboxylic acids is 2. The number of ketones is 2. The van der Waals surface area contributed by atoms with Crippen LogP contribution in [-0.2, 0) is 19.2 Å². The molecule has 6 heteroatoms. The van der Waals surface area contributed by atoms with E-state index in [1.807, 2.05) is 0 Å². The van der Waals surface area contributed by atoms with Gasteiger partial charge in [0.1, 0.15) is 0 Å². The van der Waals surface area contributed by atoms with Crippen LogP contribution in [-0.4, -0.2) is 33.7 Å². The Morgan fingerprint density at radius 3 is 0.952 bits per heavy atom. The molecular formula is C15H24O6. The Labute approximate surface area is 124 Å². The van der Waals surface area contributed by atoms with Crippen LogP contribution in [0.25, 0.3) is 0 Å². The van der Waals surface area contributed by atoms with E-state index in [1.165, 1.54) is 0 Å². The molecule has 21 heavy (non-hydrogen) atoms. The SMILES string of the molecule is O=C(O)C(=O)CCCCCCCCCCCC(=O)C(=O)O. The van der Waals surface area contributed by atoms with Gasteiger partial charge in [-0.2, -0.15) is 0 Å². The molecule has 0 aliphatic rings. The summed E-state index contributed by atoms with van der Waals surface area (Å²) < 4.78 is 0. The topological polar surface area (TPSA) is 109 Å². The van der Waals surface area contributed by atoms with Crippen molar-refractivity contribution in [2.45, 2.75) is 70.6 Å². The van der Waals surface area contributed by atoms with Gasteiger partial charge >= 0.3 is 11.9 Å². The Kier molecular flexibility index (Phi) is 11.1. The number of hydrogen-bond donors (Lipinski definition) is 2. The highest BCUT2D eigenvalue weighted by Crippen LogP contribution is 2.11. The summed E-state index contributed by atoms with van der Waals surface area (Å²) in [7, 11) is 0. The molecule has 0 fully saturated rings. The number of carboxylic acid groups (broad SMARTS) is 2. The van der Waals surface area contributed by atoms with E-state index in [-0.39, 0.29) is 12.8 Å². The first-order valence-electron chi connectivity index (χ1n) is 7.47. The van der Waals surface area contributed by atoms with Crippen molar-refractivity contribution in [3.63, 3.8) is 0 Å². The molecule has 0 atom stereocenters. The zero-order chi connectivity index (χ0) is 16.1. The number of carbonyl (C=O) groups is 4. The monoisotopic (exact) mass is 300 g/mol. The van der Waals surface area contributed by atoms with Gasteiger partial charge in [-0.3, -0.25) is 9.59 Å². The third-order valence-corrected chi connectivity index (χ3v) is 3.28. The van der Waals surface area contributed by atoms with E-state index in [2.05, 4.69) is 0 Å². The molecule has 0 rings (SSSR count). The number of unbranched alkanes of at least 4 members (excludes halogenated alkanes) is 8. The second-order valence-corrected chi connectivity index (χ2v) is 5.14. The smallest absolute Gasteiger partial charge is 0.372 e. The molecule has 0 radical (unpaired) electrons. The van der Waals surface area contributed by atoms with Crippen LogP contribution in [0.2, 0.25) is 0 Å². The van der Waals surface area contributed by atoms with Crippen molar-refractivity contribution in [1.29, 1.82) is 0 Å². The van der Waals surface area contributed by atoms with Gasteiger partial charge in [0.15, 0.2) is 0 Å². The van der Waals surface area contributed by atoms with E-state index < -0.39 is 23.5 Å². The third-order valence-electron chi connectivity index (χ3n) is 3.28. The van der Waals surface area contributed by atoms with Crippen LogP contribution in [0, 0.1) is 0 Å². The Hall–Kier alpha value is -1.72. The van der Waals surface area contributed by atoms with Crippen LogP contribution >= 0.6 is 0 Å². The molecule has 0 bridgehead atoms. The highest BCUT2D eigenvalue weighted by atomic mass is 16.4. The summed E-state index contributed by atoms with van der Waals surface area (Å²) in [6.45, 7) is 0. The normalized spacial score (nSPS) is 10.3. The van der Waals surface area contributed by atoms with E-state index in [1.54, 1.807) is 0 Å². The van der Waals surface area contributed by atoms with Gasteiger partial charge in [-0.15, -0.1) is 0 Å². The lowest BCUT2D eigenvalue weighted by molar-refractivity contribution is -0.149. The van der Waals surface area contributed by atoms with E-state index >= 15 is 0 Å². The number of hydrogen-bond acceptors (Lipinski definition) is 4. The third kappa shape index (κ3) is 11.8. The van der Waals surface area contributed by atoms with Crippen LogP contribution in [0.15, 0.2) is 0 Å². The van der Waals surface area contributed by atoms with Crippen LogP contribution in [0.3, 0.4) is 0 Å². The summed E-state index contributed by atoms with van der Waals surface area (Å²) in [5, 5.41) is 16.8. The lowest BCUT2D eigenvalue weighted by atomic mass is 10.0. The van der Waals surface area contributed by atoms with Gasteiger partial charge in [-0.1, -0.05) is 44.9 Å². The molecule has 0 aliphatic heterocycles. The predicted molar refractivity (Wildman–Crippen MR) is 76.1 cm³/mol. The average molecular weight is 300 g/mol. The summed E-state index contributed by atoms with van der Waals surface area (Å²) in [4.78, 5) is 42.2. The highest BCUT2D eigenvalue weighted by molar-refractivity contribution is 6.32. The highest BCUT2D eigenvalue weighted by Gasteiger charge is 2.10. The maximum atomic E-state index is 10.8. The molecule has 2 N–H and O–H groups in total. The predicted octanol–water partition coefficient (Wildman–Crippen LogP) is 2.58. The minimum Gasteiger partial charge on any atom is -0.476 e. The maximum Gasteiger partial charge on any atom is 0.372 e. The molecule has 0 spiro atoms. The summed E-state index contributed by atoms with van der Waals surface area (Å²) in [5.41, 5.74) is 0. The Morgan fingerprint density at radius 1 is 0.476 bits per heavy atom. The largest absolute Gasteiger partial charge is 0.476 e. The standard InChI is InChI=1S/C15H24O6/c16-12(14(18)19)10-8-6-4-2-1-3-5-7-9-11-13(17)15(20)21/h1-11H2,(H,18,19)(H,20,21). The quantitative estimate of drug-likeness (QED) is 0.377. The fourth-order valence-electron chi connectivity index (χ4n) is 2.02. The van der Waals surface area contributed by atoms with Crippen LogP contribution in [0.1, 0.15) is 70.6 Å². The molecule has 120 valence electrons. The lowest BCUT2D eigenvalue weighted by Crippen LogP contribution is -2.11. The van der Waals surface area contributed by atoms with Crippen molar-refractivity contribution in [2.24, 2.45) is 0 Å². The van der Waals surface area contributed by atoms with Gasteiger partial charge in [0.2, 0.25) is 11.6 Å². The zero-order valence-electron chi connectivity index (χ0n) is 12.3.